The predicted molar refractivity (Wildman–Crippen MR) is 76.0 cm³/mol. The number of likely N-dealkylation sites (tertiary alicyclic amines) is 1. The van der Waals surface area contributed by atoms with E-state index in [1.807, 2.05) is 29.2 Å². The summed E-state index contributed by atoms with van der Waals surface area (Å²) in [7, 11) is 0. The van der Waals surface area contributed by atoms with Gasteiger partial charge in [0.25, 0.3) is 0 Å². The van der Waals surface area contributed by atoms with Crippen LogP contribution in [0.15, 0.2) is 28.8 Å². The maximum Gasteiger partial charge on any atom is 0.228 e. The van der Waals surface area contributed by atoms with Gasteiger partial charge in [0.15, 0.2) is 5.58 Å². The van der Waals surface area contributed by atoms with Gasteiger partial charge in [-0.1, -0.05) is 24.2 Å². The van der Waals surface area contributed by atoms with Crippen molar-refractivity contribution in [3.8, 4) is 0 Å². The lowest BCUT2D eigenvalue weighted by Crippen LogP contribution is -2.48. The zero-order valence-corrected chi connectivity index (χ0v) is 11.6. The molecule has 1 saturated heterocycles. The molecule has 1 aromatic heterocycles. The van der Waals surface area contributed by atoms with E-state index < -0.39 is 0 Å². The van der Waals surface area contributed by atoms with E-state index in [1.165, 1.54) is 0 Å². The average molecular weight is 273 g/mol. The molecule has 0 saturated carbocycles. The molecule has 1 aliphatic heterocycles. The molecule has 1 aromatic carbocycles. The molecule has 5 nitrogen and oxygen atoms in total. The van der Waals surface area contributed by atoms with Crippen LogP contribution in [0.5, 0.6) is 0 Å². The zero-order valence-electron chi connectivity index (χ0n) is 11.6. The maximum atomic E-state index is 12.4. The van der Waals surface area contributed by atoms with Crippen LogP contribution in [0.25, 0.3) is 11.0 Å². The molecule has 5 heteroatoms. The molecule has 20 heavy (non-hydrogen) atoms. The Morgan fingerprint density at radius 1 is 1.50 bits per heavy atom. The van der Waals surface area contributed by atoms with Crippen molar-refractivity contribution in [1.82, 2.24) is 10.1 Å². The SMILES string of the molecule is CC1CN(C(=O)Cc2noc3ccccc23)CCC1N. The summed E-state index contributed by atoms with van der Waals surface area (Å²) >= 11 is 0. The first-order valence-electron chi connectivity index (χ1n) is 7.02. The molecule has 0 aliphatic carbocycles. The number of carbonyl (C=O) groups is 1. The number of nitrogens with two attached hydrogens (primary N) is 1. The van der Waals surface area contributed by atoms with Gasteiger partial charge in [-0.2, -0.15) is 0 Å². The highest BCUT2D eigenvalue weighted by Gasteiger charge is 2.27. The molecule has 0 bridgehead atoms. The van der Waals surface area contributed by atoms with Crippen LogP contribution >= 0.6 is 0 Å². The predicted octanol–water partition coefficient (Wildman–Crippen LogP) is 1.57. The molecule has 0 radical (unpaired) electrons. The lowest BCUT2D eigenvalue weighted by Gasteiger charge is -2.35. The third kappa shape index (κ3) is 2.41. The van der Waals surface area contributed by atoms with Gasteiger partial charge in [-0.3, -0.25) is 4.79 Å². The van der Waals surface area contributed by atoms with E-state index in [1.54, 1.807) is 0 Å². The van der Waals surface area contributed by atoms with Crippen LogP contribution in [0.1, 0.15) is 19.0 Å². The number of carbonyl (C=O) groups excluding carboxylic acids is 1. The van der Waals surface area contributed by atoms with Crippen LogP contribution in [0, 0.1) is 5.92 Å². The van der Waals surface area contributed by atoms with Gasteiger partial charge in [-0.05, 0) is 24.5 Å². The fraction of sp³-hybridized carbons (Fsp3) is 0.467. The summed E-state index contributed by atoms with van der Waals surface area (Å²) in [5, 5.41) is 4.94. The van der Waals surface area contributed by atoms with E-state index in [-0.39, 0.29) is 11.9 Å². The monoisotopic (exact) mass is 273 g/mol. The van der Waals surface area contributed by atoms with Gasteiger partial charge >= 0.3 is 0 Å². The molecule has 1 fully saturated rings. The molecule has 2 atom stereocenters. The number of hydrogen-bond acceptors (Lipinski definition) is 4. The summed E-state index contributed by atoms with van der Waals surface area (Å²) in [5.74, 6) is 0.449. The highest BCUT2D eigenvalue weighted by Crippen LogP contribution is 2.20. The Bertz CT molecular complexity index is 622. The molecule has 1 aliphatic rings. The van der Waals surface area contributed by atoms with Crippen molar-refractivity contribution in [1.29, 1.82) is 0 Å². The van der Waals surface area contributed by atoms with Crippen LogP contribution in [0.3, 0.4) is 0 Å². The van der Waals surface area contributed by atoms with Gasteiger partial charge in [0.2, 0.25) is 5.91 Å². The summed E-state index contributed by atoms with van der Waals surface area (Å²) in [6.45, 7) is 3.56. The molecule has 2 N–H and O–H groups in total. The van der Waals surface area contributed by atoms with E-state index in [0.29, 0.717) is 18.0 Å². The molecule has 1 amide bonds. The Morgan fingerprint density at radius 3 is 3.10 bits per heavy atom. The van der Waals surface area contributed by atoms with Crippen molar-refractivity contribution in [3.63, 3.8) is 0 Å². The number of hydrogen-bond donors (Lipinski definition) is 1. The number of rotatable bonds is 2. The van der Waals surface area contributed by atoms with Crippen molar-refractivity contribution in [3.05, 3.63) is 30.0 Å². The Morgan fingerprint density at radius 2 is 2.30 bits per heavy atom. The summed E-state index contributed by atoms with van der Waals surface area (Å²) in [6.07, 6.45) is 1.16. The van der Waals surface area contributed by atoms with Gasteiger partial charge in [0.1, 0.15) is 5.69 Å². The molecule has 2 unspecified atom stereocenters. The number of piperidine rings is 1. The van der Waals surface area contributed by atoms with Gasteiger partial charge in [-0.15, -0.1) is 0 Å². The van der Waals surface area contributed by atoms with Crippen LogP contribution in [-0.4, -0.2) is 35.1 Å². The Labute approximate surface area is 117 Å². The minimum absolute atomic E-state index is 0.0998. The van der Waals surface area contributed by atoms with Crippen LogP contribution < -0.4 is 5.73 Å². The van der Waals surface area contributed by atoms with E-state index in [4.69, 9.17) is 10.3 Å². The number of aromatic nitrogens is 1. The lowest BCUT2D eigenvalue weighted by atomic mass is 9.94. The van der Waals surface area contributed by atoms with Gasteiger partial charge < -0.3 is 15.2 Å². The molecule has 2 heterocycles. The summed E-state index contributed by atoms with van der Waals surface area (Å²) in [5.41, 5.74) is 7.43. The molecular formula is C15H19N3O2. The first-order valence-corrected chi connectivity index (χ1v) is 7.02. The normalized spacial score (nSPS) is 23.2. The topological polar surface area (TPSA) is 72.4 Å². The summed E-state index contributed by atoms with van der Waals surface area (Å²) in [4.78, 5) is 14.3. The van der Waals surface area contributed by atoms with Crippen LogP contribution in [0.2, 0.25) is 0 Å². The molecule has 3 rings (SSSR count). The third-order valence-electron chi connectivity index (χ3n) is 4.10. The maximum absolute atomic E-state index is 12.4. The van der Waals surface area contributed by atoms with Crippen molar-refractivity contribution in [2.75, 3.05) is 13.1 Å². The highest BCUT2D eigenvalue weighted by atomic mass is 16.5. The molecule has 106 valence electrons. The Hall–Kier alpha value is -1.88. The number of nitrogens with zero attached hydrogens (tertiary/aromatic N) is 2. The standard InChI is InChI=1S/C15H19N3O2/c1-10-9-18(7-6-12(10)16)15(19)8-13-11-4-2-3-5-14(11)20-17-13/h2-5,10,12H,6-9,16H2,1H3. The van der Waals surface area contributed by atoms with Gasteiger partial charge in [0, 0.05) is 24.5 Å². The Kier molecular flexibility index (Phi) is 3.44. The smallest absolute Gasteiger partial charge is 0.228 e. The lowest BCUT2D eigenvalue weighted by molar-refractivity contribution is -0.132. The van der Waals surface area contributed by atoms with E-state index in [0.717, 1.165) is 30.5 Å². The Balaban J connectivity index is 1.73. The van der Waals surface area contributed by atoms with Crippen molar-refractivity contribution in [2.24, 2.45) is 11.7 Å². The van der Waals surface area contributed by atoms with Crippen molar-refractivity contribution >= 4 is 16.9 Å². The second-order valence-electron chi connectivity index (χ2n) is 5.57. The quantitative estimate of drug-likeness (QED) is 0.901. The number of benzene rings is 1. The highest BCUT2D eigenvalue weighted by molar-refractivity contribution is 5.86. The third-order valence-corrected chi connectivity index (χ3v) is 4.10. The van der Waals surface area contributed by atoms with Crippen LogP contribution in [-0.2, 0) is 11.2 Å². The number of fused-ring (bicyclic) bond motifs is 1. The van der Waals surface area contributed by atoms with E-state index in [2.05, 4.69) is 12.1 Å². The minimum Gasteiger partial charge on any atom is -0.356 e. The second-order valence-corrected chi connectivity index (χ2v) is 5.57. The molecule has 0 spiro atoms. The summed E-state index contributed by atoms with van der Waals surface area (Å²) < 4.78 is 5.23. The molecular weight excluding hydrogens is 254 g/mol. The van der Waals surface area contributed by atoms with E-state index >= 15 is 0 Å². The fourth-order valence-corrected chi connectivity index (χ4v) is 2.71. The first kappa shape index (κ1) is 13.1. The fourth-order valence-electron chi connectivity index (χ4n) is 2.71. The number of para-hydroxylation sites is 1. The van der Waals surface area contributed by atoms with Crippen molar-refractivity contribution < 1.29 is 9.32 Å². The van der Waals surface area contributed by atoms with Gasteiger partial charge in [0.05, 0.1) is 6.42 Å². The summed E-state index contributed by atoms with van der Waals surface area (Å²) in [6, 6.07) is 7.82. The van der Waals surface area contributed by atoms with Crippen molar-refractivity contribution in [2.45, 2.75) is 25.8 Å². The van der Waals surface area contributed by atoms with Gasteiger partial charge in [-0.25, -0.2) is 0 Å². The molecule has 2 aromatic rings. The van der Waals surface area contributed by atoms with Crippen LogP contribution in [0.4, 0.5) is 0 Å². The second kappa shape index (κ2) is 5.25. The average Bonchev–Trinajstić information content (AvgIpc) is 2.85. The van der Waals surface area contributed by atoms with E-state index in [9.17, 15) is 4.79 Å². The number of amides is 1. The first-order chi connectivity index (χ1) is 9.65. The largest absolute Gasteiger partial charge is 0.356 e. The minimum atomic E-state index is 0.0998. The zero-order chi connectivity index (χ0) is 14.1.